The van der Waals surface area contributed by atoms with Gasteiger partial charge in [-0.2, -0.15) is 8.42 Å². The van der Waals surface area contributed by atoms with Crippen LogP contribution in [0, 0.1) is 0 Å². The molecule has 33 heavy (non-hydrogen) atoms. The van der Waals surface area contributed by atoms with Gasteiger partial charge in [-0.3, -0.25) is 4.79 Å². The molecule has 0 aromatic heterocycles. The average Bonchev–Trinajstić information content (AvgIpc) is 3.04. The highest BCUT2D eigenvalue weighted by atomic mass is 35.5. The molecule has 3 aliphatic rings. The number of anilines is 3. The van der Waals surface area contributed by atoms with E-state index in [0.717, 1.165) is 31.5 Å². The third-order valence-corrected chi connectivity index (χ3v) is 7.74. The van der Waals surface area contributed by atoms with Gasteiger partial charge in [0.2, 0.25) is 0 Å². The predicted molar refractivity (Wildman–Crippen MR) is 129 cm³/mol. The van der Waals surface area contributed by atoms with E-state index in [0.29, 0.717) is 55.0 Å². The number of rotatable bonds is 3. The maximum atomic E-state index is 13.2. The van der Waals surface area contributed by atoms with E-state index in [4.69, 9.17) is 16.3 Å². The summed E-state index contributed by atoms with van der Waals surface area (Å²) in [6, 6.07) is 10.1. The highest BCUT2D eigenvalue weighted by Gasteiger charge is 2.32. The molecule has 3 heterocycles. The Morgan fingerprint density at radius 3 is 2.61 bits per heavy atom. The number of fused-ring (bicyclic) bond motifs is 3. The molecule has 174 valence electrons. The van der Waals surface area contributed by atoms with E-state index in [1.54, 1.807) is 24.3 Å². The minimum absolute atomic E-state index is 0.0697. The third-order valence-electron chi connectivity index (χ3n) is 6.17. The Hall–Kier alpha value is -2.62. The van der Waals surface area contributed by atoms with E-state index in [9.17, 15) is 13.2 Å². The van der Waals surface area contributed by atoms with Crippen LogP contribution in [0.5, 0.6) is 0 Å². The summed E-state index contributed by atoms with van der Waals surface area (Å²) in [7, 11) is -3.87. The first kappa shape index (κ1) is 22.2. The molecule has 5 rings (SSSR count). The molecular weight excluding hydrogens is 464 g/mol. The van der Waals surface area contributed by atoms with Crippen LogP contribution in [-0.4, -0.2) is 53.0 Å². The lowest BCUT2D eigenvalue weighted by molar-refractivity contribution is 0.102. The second kappa shape index (κ2) is 8.96. The topological polar surface area (TPSA) is 91.3 Å². The van der Waals surface area contributed by atoms with E-state index in [1.165, 1.54) is 6.07 Å². The van der Waals surface area contributed by atoms with Crippen molar-refractivity contribution in [2.45, 2.75) is 30.6 Å². The number of morpholine rings is 1. The Bertz CT molecular complexity index is 1220. The number of halogens is 1. The minimum Gasteiger partial charge on any atom is -0.378 e. The molecular formula is C23H25ClN4O4S. The molecule has 2 saturated heterocycles. The molecule has 2 aromatic carbocycles. The van der Waals surface area contributed by atoms with E-state index in [-0.39, 0.29) is 10.5 Å². The second-order valence-corrected chi connectivity index (χ2v) is 10.4. The van der Waals surface area contributed by atoms with Crippen LogP contribution in [0.3, 0.4) is 0 Å². The number of benzene rings is 2. The highest BCUT2D eigenvalue weighted by molar-refractivity contribution is 7.90. The smallest absolute Gasteiger partial charge is 0.286 e. The summed E-state index contributed by atoms with van der Waals surface area (Å²) in [5.74, 6) is 0.182. The van der Waals surface area contributed by atoms with Crippen molar-refractivity contribution in [1.29, 1.82) is 0 Å². The second-order valence-electron chi connectivity index (χ2n) is 8.34. The van der Waals surface area contributed by atoms with Crippen LogP contribution in [0.1, 0.15) is 36.0 Å². The lowest BCUT2D eigenvalue weighted by atomic mass is 10.1. The van der Waals surface area contributed by atoms with Crippen LogP contribution < -0.4 is 15.1 Å². The summed E-state index contributed by atoms with van der Waals surface area (Å²) in [5.41, 5.74) is 2.26. The molecule has 0 spiro atoms. The Labute approximate surface area is 198 Å². The van der Waals surface area contributed by atoms with Crippen LogP contribution in [-0.2, 0) is 14.8 Å². The van der Waals surface area contributed by atoms with Gasteiger partial charge in [-0.15, -0.1) is 4.40 Å². The van der Waals surface area contributed by atoms with Crippen LogP contribution in [0.2, 0.25) is 5.02 Å². The van der Waals surface area contributed by atoms with Crippen molar-refractivity contribution in [1.82, 2.24) is 0 Å². The van der Waals surface area contributed by atoms with Gasteiger partial charge < -0.3 is 19.9 Å². The molecule has 1 N–H and O–H groups in total. The van der Waals surface area contributed by atoms with Gasteiger partial charge in [0.15, 0.2) is 0 Å². The van der Waals surface area contributed by atoms with Crippen LogP contribution in [0.15, 0.2) is 45.7 Å². The molecule has 0 bridgehead atoms. The molecule has 0 aliphatic carbocycles. The molecule has 0 atom stereocenters. The number of ether oxygens (including phenoxy) is 1. The number of hydrogen-bond acceptors (Lipinski definition) is 6. The first-order valence-electron chi connectivity index (χ1n) is 11.1. The summed E-state index contributed by atoms with van der Waals surface area (Å²) in [4.78, 5) is 17.3. The van der Waals surface area contributed by atoms with Gasteiger partial charge >= 0.3 is 0 Å². The van der Waals surface area contributed by atoms with Gasteiger partial charge in [0.1, 0.15) is 10.7 Å². The number of carbonyl (C=O) groups excluding carboxylic acids is 1. The Morgan fingerprint density at radius 2 is 1.79 bits per heavy atom. The molecule has 0 unspecified atom stereocenters. The molecule has 0 radical (unpaired) electrons. The molecule has 2 fully saturated rings. The average molecular weight is 489 g/mol. The number of sulfonamides is 1. The van der Waals surface area contributed by atoms with Gasteiger partial charge in [0, 0.05) is 36.6 Å². The monoisotopic (exact) mass is 488 g/mol. The number of hydrogen-bond donors (Lipinski definition) is 1. The third kappa shape index (κ3) is 4.45. The van der Waals surface area contributed by atoms with Gasteiger partial charge in [-0.25, -0.2) is 0 Å². The van der Waals surface area contributed by atoms with E-state index in [1.807, 2.05) is 11.0 Å². The molecule has 3 aliphatic heterocycles. The quantitative estimate of drug-likeness (QED) is 0.704. The number of carbonyl (C=O) groups is 1. The van der Waals surface area contributed by atoms with Crippen molar-refractivity contribution < 1.29 is 17.9 Å². The fourth-order valence-corrected chi connectivity index (χ4v) is 5.96. The Kier molecular flexibility index (Phi) is 6.03. The predicted octanol–water partition coefficient (Wildman–Crippen LogP) is 3.91. The summed E-state index contributed by atoms with van der Waals surface area (Å²) in [6.07, 6.45) is 3.57. The molecule has 1 amide bonds. The Balaban J connectivity index is 1.46. The zero-order chi connectivity index (χ0) is 23.0. The SMILES string of the molecule is O=C(Nc1cc(Cl)ccc1N1CCOCC1)c1ccc2c(c1)S(=O)(=O)N=C1CCCCCN12. The maximum absolute atomic E-state index is 13.2. The standard InChI is InChI=1S/C23H25ClN4O4S/c24-17-6-8-19(27-10-12-32-13-11-27)18(15-17)25-23(29)16-5-7-20-21(14-16)33(30,31)26-22-4-2-1-3-9-28(20)22/h5-8,14-15H,1-4,9-13H2,(H,25,29). The van der Waals surface area contributed by atoms with Gasteiger partial charge in [0.05, 0.1) is 30.3 Å². The summed E-state index contributed by atoms with van der Waals surface area (Å²) in [6.45, 7) is 3.35. The number of nitrogens with one attached hydrogen (secondary N) is 1. The van der Waals surface area contributed by atoms with E-state index in [2.05, 4.69) is 14.6 Å². The van der Waals surface area contributed by atoms with Crippen molar-refractivity contribution in [2.75, 3.05) is 48.0 Å². The lowest BCUT2D eigenvalue weighted by Crippen LogP contribution is -2.36. The normalized spacial score (nSPS) is 19.7. The van der Waals surface area contributed by atoms with Gasteiger partial charge in [0.25, 0.3) is 15.9 Å². The van der Waals surface area contributed by atoms with Gasteiger partial charge in [-0.05, 0) is 49.2 Å². The highest BCUT2D eigenvalue weighted by Crippen LogP contribution is 2.36. The van der Waals surface area contributed by atoms with Crippen LogP contribution in [0.25, 0.3) is 0 Å². The van der Waals surface area contributed by atoms with Crippen molar-refractivity contribution in [3.63, 3.8) is 0 Å². The van der Waals surface area contributed by atoms with Gasteiger partial charge in [-0.1, -0.05) is 18.0 Å². The fourth-order valence-electron chi connectivity index (χ4n) is 4.50. The maximum Gasteiger partial charge on any atom is 0.286 e. The van der Waals surface area contributed by atoms with Crippen molar-refractivity contribution in [3.8, 4) is 0 Å². The van der Waals surface area contributed by atoms with Crippen molar-refractivity contribution in [2.24, 2.45) is 4.40 Å². The summed E-state index contributed by atoms with van der Waals surface area (Å²) < 4.78 is 35.3. The summed E-state index contributed by atoms with van der Waals surface area (Å²) >= 11 is 6.20. The zero-order valence-corrected chi connectivity index (χ0v) is 19.7. The lowest BCUT2D eigenvalue weighted by Gasteiger charge is -2.31. The van der Waals surface area contributed by atoms with Crippen molar-refractivity contribution in [3.05, 3.63) is 47.0 Å². The first-order valence-corrected chi connectivity index (χ1v) is 12.9. The molecule has 10 heteroatoms. The summed E-state index contributed by atoms with van der Waals surface area (Å²) in [5, 5.41) is 3.41. The molecule has 8 nitrogen and oxygen atoms in total. The zero-order valence-electron chi connectivity index (χ0n) is 18.1. The minimum atomic E-state index is -3.87. The Morgan fingerprint density at radius 1 is 1.00 bits per heavy atom. The largest absolute Gasteiger partial charge is 0.378 e. The van der Waals surface area contributed by atoms with E-state index < -0.39 is 15.9 Å². The molecule has 2 aromatic rings. The fraction of sp³-hybridized carbons (Fsp3) is 0.391. The first-order chi connectivity index (χ1) is 15.9. The van der Waals surface area contributed by atoms with E-state index >= 15 is 0 Å². The molecule has 0 saturated carbocycles. The van der Waals surface area contributed by atoms with Crippen LogP contribution in [0.4, 0.5) is 17.1 Å². The van der Waals surface area contributed by atoms with Crippen LogP contribution >= 0.6 is 11.6 Å². The van der Waals surface area contributed by atoms with Crippen molar-refractivity contribution >= 4 is 50.4 Å². The number of amides is 1. The number of amidine groups is 1. The number of nitrogens with zero attached hydrogens (tertiary/aromatic N) is 3.